The van der Waals surface area contributed by atoms with Gasteiger partial charge in [-0.05, 0) is 54.8 Å². The summed E-state index contributed by atoms with van der Waals surface area (Å²) >= 11 is 4.81. The molecule has 5 aromatic rings. The lowest BCUT2D eigenvalue weighted by Gasteiger charge is -2.30. The third-order valence-corrected chi connectivity index (χ3v) is 9.29. The number of fused-ring (bicyclic) bond motifs is 1. The van der Waals surface area contributed by atoms with Crippen LogP contribution in [0.15, 0.2) is 81.5 Å². The minimum atomic E-state index is -0.845. The maximum absolute atomic E-state index is 11.4. The molecule has 1 atom stereocenters. The maximum atomic E-state index is 11.4. The Labute approximate surface area is 237 Å². The molecule has 11 heteroatoms. The number of ether oxygens (including phenoxy) is 1. The molecule has 1 amide bonds. The number of piperidine rings is 1. The van der Waals surface area contributed by atoms with Gasteiger partial charge < -0.3 is 20.1 Å². The van der Waals surface area contributed by atoms with E-state index in [0.717, 1.165) is 50.1 Å². The predicted molar refractivity (Wildman–Crippen MR) is 156 cm³/mol. The highest BCUT2D eigenvalue weighted by molar-refractivity contribution is 7.99. The van der Waals surface area contributed by atoms with Gasteiger partial charge in [-0.1, -0.05) is 30.0 Å². The van der Waals surface area contributed by atoms with E-state index in [1.54, 1.807) is 23.1 Å². The molecule has 2 N–H and O–H groups in total. The number of rotatable bonds is 8. The van der Waals surface area contributed by atoms with Crippen molar-refractivity contribution in [2.45, 2.75) is 29.1 Å². The van der Waals surface area contributed by atoms with Crippen LogP contribution in [0.25, 0.3) is 10.2 Å². The lowest BCUT2D eigenvalue weighted by Crippen LogP contribution is -2.39. The Morgan fingerprint density at radius 2 is 2.08 bits per heavy atom. The van der Waals surface area contributed by atoms with Gasteiger partial charge in [0.15, 0.2) is 16.7 Å². The Morgan fingerprint density at radius 1 is 1.18 bits per heavy atom. The van der Waals surface area contributed by atoms with Gasteiger partial charge in [-0.25, -0.2) is 14.8 Å². The van der Waals surface area contributed by atoms with Gasteiger partial charge in [-0.3, -0.25) is 4.98 Å². The second-order valence-electron chi connectivity index (χ2n) is 9.19. The van der Waals surface area contributed by atoms with Crippen LogP contribution in [0.5, 0.6) is 11.5 Å². The quantitative estimate of drug-likeness (QED) is 0.194. The third kappa shape index (κ3) is 6.16. The van der Waals surface area contributed by atoms with Crippen LogP contribution in [0.2, 0.25) is 0 Å². The van der Waals surface area contributed by atoms with Crippen molar-refractivity contribution in [2.24, 2.45) is 5.92 Å². The summed E-state index contributed by atoms with van der Waals surface area (Å²) in [7, 11) is 0. The topological polar surface area (TPSA) is 100 Å². The van der Waals surface area contributed by atoms with Crippen LogP contribution in [0.3, 0.4) is 0 Å². The van der Waals surface area contributed by atoms with Crippen LogP contribution >= 0.6 is 34.4 Å². The lowest BCUT2D eigenvalue weighted by atomic mass is 9.94. The van der Waals surface area contributed by atoms with E-state index in [4.69, 9.17) is 14.7 Å². The molecule has 4 aromatic heterocycles. The molecule has 0 radical (unpaired) electrons. The van der Waals surface area contributed by atoms with E-state index in [9.17, 15) is 9.90 Å². The number of hydrogen-bond acceptors (Lipinski definition) is 9. The van der Waals surface area contributed by atoms with Crippen molar-refractivity contribution in [2.75, 3.05) is 18.4 Å². The van der Waals surface area contributed by atoms with Crippen molar-refractivity contribution in [3.05, 3.63) is 77.4 Å². The SMILES string of the molecule is O=C(O)N1CCCC(Cc2csc(Nc3ncc(Sc4ccnc5ccsc45)cc3Oc3ccccc3)n2)C1. The van der Waals surface area contributed by atoms with Crippen molar-refractivity contribution < 1.29 is 14.6 Å². The molecule has 0 bridgehead atoms. The summed E-state index contributed by atoms with van der Waals surface area (Å²) in [6, 6.07) is 15.7. The van der Waals surface area contributed by atoms with Gasteiger partial charge in [0.1, 0.15) is 5.75 Å². The Kier molecular flexibility index (Phi) is 7.62. The third-order valence-electron chi connectivity index (χ3n) is 6.40. The number of aromatic nitrogens is 3. The highest BCUT2D eigenvalue weighted by Crippen LogP contribution is 2.39. The van der Waals surface area contributed by atoms with Crippen LogP contribution < -0.4 is 10.1 Å². The number of likely N-dealkylation sites (tertiary alicyclic amines) is 1. The average molecular weight is 576 g/mol. The zero-order valence-corrected chi connectivity index (χ0v) is 23.3. The molecule has 5 heterocycles. The number of hydrogen-bond donors (Lipinski definition) is 2. The fourth-order valence-electron chi connectivity index (χ4n) is 4.59. The summed E-state index contributed by atoms with van der Waals surface area (Å²) in [5.74, 6) is 2.17. The Morgan fingerprint density at radius 3 is 2.95 bits per heavy atom. The first-order valence-electron chi connectivity index (χ1n) is 12.5. The molecule has 198 valence electrons. The number of thiazole rings is 1. The van der Waals surface area contributed by atoms with Gasteiger partial charge in [0.2, 0.25) is 0 Å². The van der Waals surface area contributed by atoms with Crippen LogP contribution in [-0.4, -0.2) is 44.1 Å². The number of amides is 1. The summed E-state index contributed by atoms with van der Waals surface area (Å²) in [6.07, 6.45) is 5.47. The zero-order chi connectivity index (χ0) is 26.6. The average Bonchev–Trinajstić information content (AvgIpc) is 3.61. The molecular formula is C28H25N5O3S3. The smallest absolute Gasteiger partial charge is 0.407 e. The number of nitrogens with zero attached hydrogens (tertiary/aromatic N) is 4. The largest absolute Gasteiger partial charge is 0.465 e. The Balaban J connectivity index is 1.22. The Bertz CT molecular complexity index is 1590. The normalized spacial score (nSPS) is 15.4. The van der Waals surface area contributed by atoms with Crippen LogP contribution in [0.4, 0.5) is 15.7 Å². The van der Waals surface area contributed by atoms with E-state index >= 15 is 0 Å². The summed E-state index contributed by atoms with van der Waals surface area (Å²) in [4.78, 5) is 28.9. The van der Waals surface area contributed by atoms with Gasteiger partial charge in [-0.15, -0.1) is 22.7 Å². The van der Waals surface area contributed by atoms with Crippen molar-refractivity contribution in [3.63, 3.8) is 0 Å². The molecule has 0 spiro atoms. The number of thiophene rings is 1. The number of benzene rings is 1. The van der Waals surface area contributed by atoms with Gasteiger partial charge in [0.25, 0.3) is 0 Å². The monoisotopic (exact) mass is 575 g/mol. The van der Waals surface area contributed by atoms with E-state index in [1.807, 2.05) is 66.3 Å². The molecule has 1 unspecified atom stereocenters. The first-order chi connectivity index (χ1) is 19.1. The van der Waals surface area contributed by atoms with Gasteiger partial charge >= 0.3 is 6.09 Å². The number of pyridine rings is 2. The van der Waals surface area contributed by atoms with Crippen molar-refractivity contribution in [1.29, 1.82) is 0 Å². The minimum absolute atomic E-state index is 0.277. The second kappa shape index (κ2) is 11.6. The fraction of sp³-hybridized carbons (Fsp3) is 0.214. The molecule has 1 aliphatic heterocycles. The number of carbonyl (C=O) groups is 1. The predicted octanol–water partition coefficient (Wildman–Crippen LogP) is 7.77. The zero-order valence-electron chi connectivity index (χ0n) is 20.8. The Hall–Kier alpha value is -3.67. The molecule has 8 nitrogen and oxygen atoms in total. The summed E-state index contributed by atoms with van der Waals surface area (Å²) in [5.41, 5.74) is 1.94. The summed E-state index contributed by atoms with van der Waals surface area (Å²) in [5, 5.41) is 17.5. The number of carboxylic acid groups (broad SMARTS) is 1. The molecule has 0 saturated carbocycles. The molecule has 0 aliphatic carbocycles. The number of nitrogens with one attached hydrogen (secondary N) is 1. The van der Waals surface area contributed by atoms with E-state index in [-0.39, 0.29) is 5.92 Å². The summed E-state index contributed by atoms with van der Waals surface area (Å²) < 4.78 is 7.41. The lowest BCUT2D eigenvalue weighted by molar-refractivity contribution is 0.120. The molecule has 1 aliphatic rings. The van der Waals surface area contributed by atoms with Gasteiger partial charge in [-0.2, -0.15) is 0 Å². The molecule has 1 aromatic carbocycles. The highest BCUT2D eigenvalue weighted by Gasteiger charge is 2.24. The molecule has 1 fully saturated rings. The molecule has 1 saturated heterocycles. The second-order valence-corrected chi connectivity index (χ2v) is 12.1. The van der Waals surface area contributed by atoms with E-state index in [2.05, 4.69) is 15.7 Å². The summed E-state index contributed by atoms with van der Waals surface area (Å²) in [6.45, 7) is 1.17. The van der Waals surface area contributed by atoms with E-state index in [0.29, 0.717) is 30.4 Å². The molecule has 6 rings (SSSR count). The number of anilines is 2. The van der Waals surface area contributed by atoms with Gasteiger partial charge in [0, 0.05) is 46.7 Å². The first kappa shape index (κ1) is 25.6. The fourth-order valence-corrected chi connectivity index (χ4v) is 7.19. The van der Waals surface area contributed by atoms with Crippen molar-refractivity contribution in [1.82, 2.24) is 19.9 Å². The van der Waals surface area contributed by atoms with E-state index in [1.165, 1.54) is 16.2 Å². The first-order valence-corrected chi connectivity index (χ1v) is 15.1. The standard InChI is InChI=1S/C28H25N5O3S3/c34-28(35)33-11-4-5-18(16-33)13-19-17-38-27(31-19)32-26-23(36-20-6-2-1-3-7-20)14-21(15-30-26)39-24-8-10-29-22-9-12-37-25(22)24/h1-3,6-10,12,14-15,17-18H,4-5,11,13,16H2,(H,34,35)(H,30,31,32). The van der Waals surface area contributed by atoms with Crippen molar-refractivity contribution >= 4 is 61.7 Å². The van der Waals surface area contributed by atoms with E-state index < -0.39 is 6.09 Å². The van der Waals surface area contributed by atoms with Crippen LogP contribution in [0, 0.1) is 5.92 Å². The number of para-hydroxylation sites is 1. The molecule has 39 heavy (non-hydrogen) atoms. The minimum Gasteiger partial charge on any atom is -0.465 e. The van der Waals surface area contributed by atoms with Crippen LogP contribution in [0.1, 0.15) is 18.5 Å². The highest BCUT2D eigenvalue weighted by atomic mass is 32.2. The van der Waals surface area contributed by atoms with Crippen molar-refractivity contribution in [3.8, 4) is 11.5 Å². The van der Waals surface area contributed by atoms with Crippen LogP contribution in [-0.2, 0) is 6.42 Å². The van der Waals surface area contributed by atoms with Gasteiger partial charge in [0.05, 0.1) is 15.9 Å². The maximum Gasteiger partial charge on any atom is 0.407 e. The molecular weight excluding hydrogens is 551 g/mol.